The van der Waals surface area contributed by atoms with Gasteiger partial charge in [0, 0.05) is 26.7 Å². The number of aromatic nitrogens is 3. The highest BCUT2D eigenvalue weighted by Crippen LogP contribution is 2.18. The summed E-state index contributed by atoms with van der Waals surface area (Å²) in [6.07, 6.45) is 6.49. The number of hydrogen-bond acceptors (Lipinski definition) is 6. The Labute approximate surface area is 187 Å². The van der Waals surface area contributed by atoms with Crippen molar-refractivity contribution in [2.45, 2.75) is 44.4 Å². The molecule has 10 heteroatoms. The zero-order valence-corrected chi connectivity index (χ0v) is 19.0. The zero-order valence-electron chi connectivity index (χ0n) is 16.7. The molecule has 1 unspecified atom stereocenters. The van der Waals surface area contributed by atoms with E-state index in [0.717, 1.165) is 63.8 Å². The maximum Gasteiger partial charge on any atom is 0.216 e. The van der Waals surface area contributed by atoms with Crippen molar-refractivity contribution in [2.24, 2.45) is 4.99 Å². The van der Waals surface area contributed by atoms with Gasteiger partial charge in [0.2, 0.25) is 5.82 Å². The Morgan fingerprint density at radius 2 is 2.24 bits per heavy atom. The van der Waals surface area contributed by atoms with Gasteiger partial charge in [0.1, 0.15) is 5.82 Å². The van der Waals surface area contributed by atoms with Crippen molar-refractivity contribution in [2.75, 3.05) is 33.4 Å². The SMILES string of the molecule is CN=C(NCc1nc(-c2ccco2)n[nH]1)N1CCC(OCC2CCCO2)CC1.I. The number of nitrogens with one attached hydrogen (secondary N) is 2. The standard InChI is InChI=1S/C19H28N6O3.HI/c1-20-19(21-12-17-22-18(24-23-17)16-5-3-11-27-16)25-8-6-14(7-9-25)28-13-15-4-2-10-26-15;/h3,5,11,14-15H,2,4,6-10,12-13H2,1H3,(H,20,21)(H,22,23,24);1H. The molecule has 0 saturated carbocycles. The van der Waals surface area contributed by atoms with Gasteiger partial charge in [-0.25, -0.2) is 4.98 Å². The minimum atomic E-state index is 0. The lowest BCUT2D eigenvalue weighted by Gasteiger charge is -2.34. The number of aromatic amines is 1. The summed E-state index contributed by atoms with van der Waals surface area (Å²) in [5.74, 6) is 2.81. The average Bonchev–Trinajstić information content (AvgIpc) is 3.50. The van der Waals surface area contributed by atoms with Gasteiger partial charge < -0.3 is 24.1 Å². The number of likely N-dealkylation sites (tertiary alicyclic amines) is 1. The van der Waals surface area contributed by atoms with Gasteiger partial charge in [0.15, 0.2) is 11.7 Å². The first-order valence-electron chi connectivity index (χ1n) is 9.96. The molecular formula is C19H29IN6O3. The highest BCUT2D eigenvalue weighted by atomic mass is 127. The van der Waals surface area contributed by atoms with Gasteiger partial charge in [-0.15, -0.1) is 29.1 Å². The van der Waals surface area contributed by atoms with Crippen LogP contribution < -0.4 is 5.32 Å². The number of piperidine rings is 1. The molecule has 2 saturated heterocycles. The Hall–Kier alpha value is -1.66. The van der Waals surface area contributed by atoms with Crippen LogP contribution in [0.4, 0.5) is 0 Å². The molecule has 2 aliphatic heterocycles. The molecule has 0 aromatic carbocycles. The van der Waals surface area contributed by atoms with E-state index >= 15 is 0 Å². The van der Waals surface area contributed by atoms with Gasteiger partial charge in [-0.05, 0) is 37.8 Å². The maximum absolute atomic E-state index is 6.05. The van der Waals surface area contributed by atoms with Crippen LogP contribution in [0.2, 0.25) is 0 Å². The Kier molecular flexibility index (Phi) is 8.30. The van der Waals surface area contributed by atoms with Crippen LogP contribution in [0.25, 0.3) is 11.6 Å². The van der Waals surface area contributed by atoms with Gasteiger partial charge in [0.05, 0.1) is 31.6 Å². The van der Waals surface area contributed by atoms with Crippen LogP contribution in [0.5, 0.6) is 0 Å². The van der Waals surface area contributed by atoms with Crippen LogP contribution in [0, 0.1) is 0 Å². The molecule has 4 heterocycles. The van der Waals surface area contributed by atoms with Gasteiger partial charge >= 0.3 is 0 Å². The predicted octanol–water partition coefficient (Wildman–Crippen LogP) is 2.42. The van der Waals surface area contributed by atoms with Crippen molar-refractivity contribution in [3.05, 3.63) is 24.2 Å². The van der Waals surface area contributed by atoms with E-state index in [0.29, 0.717) is 30.3 Å². The summed E-state index contributed by atoms with van der Waals surface area (Å²) in [6.45, 7) is 3.97. The Morgan fingerprint density at radius 3 is 2.93 bits per heavy atom. The number of rotatable bonds is 6. The molecule has 0 radical (unpaired) electrons. The maximum atomic E-state index is 6.05. The summed E-state index contributed by atoms with van der Waals surface area (Å²) >= 11 is 0. The highest BCUT2D eigenvalue weighted by Gasteiger charge is 2.24. The van der Waals surface area contributed by atoms with Crippen LogP contribution in [0.3, 0.4) is 0 Å². The van der Waals surface area contributed by atoms with Crippen molar-refractivity contribution in [1.29, 1.82) is 0 Å². The van der Waals surface area contributed by atoms with Crippen LogP contribution in [-0.4, -0.2) is 71.6 Å². The van der Waals surface area contributed by atoms with E-state index in [2.05, 4.69) is 30.4 Å². The first-order valence-corrected chi connectivity index (χ1v) is 9.96. The number of furan rings is 1. The third-order valence-corrected chi connectivity index (χ3v) is 5.18. The zero-order chi connectivity index (χ0) is 19.2. The first-order chi connectivity index (χ1) is 13.8. The summed E-state index contributed by atoms with van der Waals surface area (Å²) < 4.78 is 17.0. The van der Waals surface area contributed by atoms with Crippen molar-refractivity contribution in [1.82, 2.24) is 25.4 Å². The third-order valence-electron chi connectivity index (χ3n) is 5.18. The molecule has 2 aromatic heterocycles. The molecule has 2 aliphatic rings. The summed E-state index contributed by atoms with van der Waals surface area (Å²) in [7, 11) is 1.80. The quantitative estimate of drug-likeness (QED) is 0.346. The second-order valence-corrected chi connectivity index (χ2v) is 7.14. The second-order valence-electron chi connectivity index (χ2n) is 7.14. The highest BCUT2D eigenvalue weighted by molar-refractivity contribution is 14.0. The van der Waals surface area contributed by atoms with Crippen LogP contribution in [0.15, 0.2) is 27.8 Å². The normalized spacial score (nSPS) is 20.7. The molecule has 1 atom stereocenters. The predicted molar refractivity (Wildman–Crippen MR) is 119 cm³/mol. The molecule has 29 heavy (non-hydrogen) atoms. The number of halogens is 1. The molecule has 4 rings (SSSR count). The van der Waals surface area contributed by atoms with E-state index in [9.17, 15) is 0 Å². The minimum absolute atomic E-state index is 0. The van der Waals surface area contributed by atoms with E-state index in [-0.39, 0.29) is 24.0 Å². The number of H-pyrrole nitrogens is 1. The molecule has 0 aliphatic carbocycles. The van der Waals surface area contributed by atoms with E-state index in [4.69, 9.17) is 13.9 Å². The molecular weight excluding hydrogens is 487 g/mol. The van der Waals surface area contributed by atoms with Gasteiger partial charge in [-0.2, -0.15) is 0 Å². The van der Waals surface area contributed by atoms with E-state index in [1.807, 2.05) is 12.1 Å². The number of guanidine groups is 1. The van der Waals surface area contributed by atoms with Crippen molar-refractivity contribution >= 4 is 29.9 Å². The summed E-state index contributed by atoms with van der Waals surface area (Å²) in [6, 6.07) is 3.66. The largest absolute Gasteiger partial charge is 0.461 e. The lowest BCUT2D eigenvalue weighted by atomic mass is 10.1. The fraction of sp³-hybridized carbons (Fsp3) is 0.632. The monoisotopic (exact) mass is 516 g/mol. The molecule has 2 N–H and O–H groups in total. The minimum Gasteiger partial charge on any atom is -0.461 e. The van der Waals surface area contributed by atoms with Gasteiger partial charge in [0.25, 0.3) is 0 Å². The molecule has 160 valence electrons. The van der Waals surface area contributed by atoms with Gasteiger partial charge in [-0.3, -0.25) is 10.1 Å². The van der Waals surface area contributed by atoms with Crippen LogP contribution >= 0.6 is 24.0 Å². The number of aliphatic imine (C=N–C) groups is 1. The van der Waals surface area contributed by atoms with E-state index in [1.165, 1.54) is 0 Å². The second kappa shape index (κ2) is 10.9. The molecule has 2 aromatic rings. The Balaban J connectivity index is 0.00000240. The Morgan fingerprint density at radius 1 is 1.38 bits per heavy atom. The Bertz CT molecular complexity index is 752. The number of nitrogens with zero attached hydrogens (tertiary/aromatic N) is 4. The van der Waals surface area contributed by atoms with E-state index < -0.39 is 0 Å². The van der Waals surface area contributed by atoms with Crippen molar-refractivity contribution in [3.8, 4) is 11.6 Å². The number of hydrogen-bond donors (Lipinski definition) is 2. The van der Waals surface area contributed by atoms with Crippen LogP contribution in [0.1, 0.15) is 31.5 Å². The number of ether oxygens (including phenoxy) is 2. The summed E-state index contributed by atoms with van der Waals surface area (Å²) in [5, 5.41) is 10.5. The summed E-state index contributed by atoms with van der Waals surface area (Å²) in [5.41, 5.74) is 0. The fourth-order valence-electron chi connectivity index (χ4n) is 3.64. The molecule has 0 spiro atoms. The van der Waals surface area contributed by atoms with Gasteiger partial charge in [-0.1, -0.05) is 0 Å². The smallest absolute Gasteiger partial charge is 0.216 e. The van der Waals surface area contributed by atoms with Crippen molar-refractivity contribution < 1.29 is 13.9 Å². The molecule has 0 bridgehead atoms. The fourth-order valence-corrected chi connectivity index (χ4v) is 3.64. The van der Waals surface area contributed by atoms with Crippen molar-refractivity contribution in [3.63, 3.8) is 0 Å². The third kappa shape index (κ3) is 5.92. The lowest BCUT2D eigenvalue weighted by Crippen LogP contribution is -2.47. The van der Waals surface area contributed by atoms with Crippen LogP contribution in [-0.2, 0) is 16.0 Å². The topological polar surface area (TPSA) is 101 Å². The molecule has 2 fully saturated rings. The van der Waals surface area contributed by atoms with E-state index in [1.54, 1.807) is 13.3 Å². The molecule has 9 nitrogen and oxygen atoms in total. The molecule has 0 amide bonds. The lowest BCUT2D eigenvalue weighted by molar-refractivity contribution is -0.0367. The average molecular weight is 516 g/mol. The summed E-state index contributed by atoms with van der Waals surface area (Å²) in [4.78, 5) is 11.1. The first kappa shape index (κ1) is 22.0.